The van der Waals surface area contributed by atoms with Crippen LogP contribution in [0.2, 0.25) is 0 Å². The number of para-hydroxylation sites is 1. The molecule has 24 heavy (non-hydrogen) atoms. The number of rotatable bonds is 2. The van der Waals surface area contributed by atoms with Crippen molar-refractivity contribution in [1.82, 2.24) is 14.6 Å². The van der Waals surface area contributed by atoms with Gasteiger partial charge in [-0.2, -0.15) is 10.4 Å². The van der Waals surface area contributed by atoms with Crippen molar-refractivity contribution in [3.8, 4) is 17.3 Å². The monoisotopic (exact) mass is 334 g/mol. The number of hydrogen-bond donors (Lipinski definition) is 0. The molecule has 0 aliphatic heterocycles. The van der Waals surface area contributed by atoms with Gasteiger partial charge in [-0.1, -0.05) is 18.2 Å². The second-order valence-corrected chi connectivity index (χ2v) is 5.84. The summed E-state index contributed by atoms with van der Waals surface area (Å²) in [6, 6.07) is 12.9. The van der Waals surface area contributed by atoms with Crippen molar-refractivity contribution in [2.24, 2.45) is 0 Å². The molecule has 0 amide bonds. The van der Waals surface area contributed by atoms with Crippen LogP contribution in [0.4, 0.5) is 0 Å². The Kier molecular flexibility index (Phi) is 3.32. The fraction of sp³-hybridized carbons (Fsp3) is 0.0588. The maximum absolute atomic E-state index is 12.4. The Hall–Kier alpha value is -3.11. The Labute approximate surface area is 140 Å². The average molecular weight is 334 g/mol. The maximum atomic E-state index is 12.4. The molecule has 1 aromatic carbocycles. The summed E-state index contributed by atoms with van der Waals surface area (Å²) in [4.78, 5) is 16.6. The topological polar surface area (TPSA) is 84.2 Å². The summed E-state index contributed by atoms with van der Waals surface area (Å²) in [6.07, 6.45) is 3.40. The van der Waals surface area contributed by atoms with Crippen molar-refractivity contribution in [2.45, 2.75) is 5.03 Å². The smallest absolute Gasteiger partial charge is 0.345 e. The molecule has 0 saturated carbocycles. The van der Waals surface area contributed by atoms with Crippen molar-refractivity contribution in [1.29, 1.82) is 5.26 Å². The quantitative estimate of drug-likeness (QED) is 0.414. The van der Waals surface area contributed by atoms with Crippen LogP contribution in [0, 0.1) is 11.3 Å². The van der Waals surface area contributed by atoms with Crippen LogP contribution in [0.1, 0.15) is 5.56 Å². The summed E-state index contributed by atoms with van der Waals surface area (Å²) >= 11 is 1.36. The average Bonchev–Trinajstić information content (AvgIpc) is 2.99. The molecule has 0 unspecified atom stereocenters. The number of aromatic nitrogens is 3. The summed E-state index contributed by atoms with van der Waals surface area (Å²) in [5.74, 6) is 0. The molecule has 3 aromatic heterocycles. The largest absolute Gasteiger partial charge is 0.422 e. The van der Waals surface area contributed by atoms with Gasteiger partial charge in [0.2, 0.25) is 0 Å². The van der Waals surface area contributed by atoms with Crippen LogP contribution in [0.3, 0.4) is 0 Å². The number of benzene rings is 1. The zero-order valence-corrected chi connectivity index (χ0v) is 13.4. The van der Waals surface area contributed by atoms with E-state index in [1.54, 1.807) is 24.4 Å². The molecule has 7 heteroatoms. The summed E-state index contributed by atoms with van der Waals surface area (Å²) in [5.41, 5.74) is 1.80. The summed E-state index contributed by atoms with van der Waals surface area (Å²) < 4.78 is 6.92. The van der Waals surface area contributed by atoms with Gasteiger partial charge in [0, 0.05) is 11.6 Å². The summed E-state index contributed by atoms with van der Waals surface area (Å²) in [7, 11) is 0. The lowest BCUT2D eigenvalue weighted by Gasteiger charge is -2.04. The first kappa shape index (κ1) is 14.5. The lowest BCUT2D eigenvalue weighted by atomic mass is 10.1. The Morgan fingerprint density at radius 3 is 2.92 bits per heavy atom. The van der Waals surface area contributed by atoms with Crippen LogP contribution >= 0.6 is 11.8 Å². The highest BCUT2D eigenvalue weighted by atomic mass is 32.2. The minimum absolute atomic E-state index is 0.376. The van der Waals surface area contributed by atoms with Crippen molar-refractivity contribution in [3.63, 3.8) is 0 Å². The number of hydrogen-bond acceptors (Lipinski definition) is 6. The first-order valence-electron chi connectivity index (χ1n) is 7.08. The van der Waals surface area contributed by atoms with Crippen LogP contribution in [0.25, 0.3) is 27.9 Å². The van der Waals surface area contributed by atoms with E-state index in [-0.39, 0.29) is 0 Å². The lowest BCUT2D eigenvalue weighted by Crippen LogP contribution is -2.07. The molecule has 6 nitrogen and oxygen atoms in total. The second-order valence-electron chi connectivity index (χ2n) is 5.05. The van der Waals surface area contributed by atoms with Crippen LogP contribution < -0.4 is 5.63 Å². The summed E-state index contributed by atoms with van der Waals surface area (Å²) in [6.45, 7) is 0. The van der Waals surface area contributed by atoms with E-state index >= 15 is 0 Å². The third kappa shape index (κ3) is 2.08. The highest BCUT2D eigenvalue weighted by molar-refractivity contribution is 7.98. The van der Waals surface area contributed by atoms with E-state index in [4.69, 9.17) is 4.42 Å². The molecule has 0 saturated heterocycles. The normalized spacial score (nSPS) is 11.0. The molecule has 0 fully saturated rings. The number of nitriles is 1. The molecule has 0 aliphatic carbocycles. The minimum Gasteiger partial charge on any atom is -0.422 e. The molecule has 0 N–H and O–H groups in total. The summed E-state index contributed by atoms with van der Waals surface area (Å²) in [5, 5.41) is 15.2. The SMILES string of the molecule is CSc1nn2c(-c3cc4ccccc4oc3=O)ccnc2c1C#N. The third-order valence-electron chi connectivity index (χ3n) is 3.71. The van der Waals surface area contributed by atoms with Crippen LogP contribution in [-0.2, 0) is 0 Å². The lowest BCUT2D eigenvalue weighted by molar-refractivity contribution is 0.562. The molecule has 4 rings (SSSR count). The van der Waals surface area contributed by atoms with Gasteiger partial charge in [-0.05, 0) is 24.5 Å². The fourth-order valence-electron chi connectivity index (χ4n) is 2.61. The van der Waals surface area contributed by atoms with E-state index in [2.05, 4.69) is 16.2 Å². The van der Waals surface area contributed by atoms with Crippen LogP contribution in [0.5, 0.6) is 0 Å². The molecule has 0 radical (unpaired) electrons. The number of nitrogens with zero attached hydrogens (tertiary/aromatic N) is 4. The van der Waals surface area contributed by atoms with Gasteiger partial charge in [0.25, 0.3) is 0 Å². The van der Waals surface area contributed by atoms with Gasteiger partial charge in [0.15, 0.2) is 5.65 Å². The zero-order chi connectivity index (χ0) is 16.7. The van der Waals surface area contributed by atoms with Gasteiger partial charge in [-0.15, -0.1) is 11.8 Å². The predicted molar refractivity (Wildman–Crippen MR) is 91.0 cm³/mol. The zero-order valence-electron chi connectivity index (χ0n) is 12.6. The van der Waals surface area contributed by atoms with E-state index < -0.39 is 5.63 Å². The van der Waals surface area contributed by atoms with Gasteiger partial charge in [-0.25, -0.2) is 14.3 Å². The van der Waals surface area contributed by atoms with Crippen molar-refractivity contribution < 1.29 is 4.42 Å². The number of thioether (sulfide) groups is 1. The van der Waals surface area contributed by atoms with Crippen molar-refractivity contribution >= 4 is 28.4 Å². The first-order chi connectivity index (χ1) is 11.7. The second kappa shape index (κ2) is 5.51. The van der Waals surface area contributed by atoms with Crippen LogP contribution in [0.15, 0.2) is 56.8 Å². The maximum Gasteiger partial charge on any atom is 0.345 e. The van der Waals surface area contributed by atoms with E-state index in [9.17, 15) is 10.1 Å². The molecule has 0 atom stereocenters. The predicted octanol–water partition coefficient (Wildman–Crippen LogP) is 3.10. The van der Waals surface area contributed by atoms with E-state index in [1.165, 1.54) is 16.3 Å². The van der Waals surface area contributed by atoms with E-state index in [0.717, 1.165) is 5.39 Å². The molecule has 116 valence electrons. The van der Waals surface area contributed by atoms with Gasteiger partial charge in [0.1, 0.15) is 22.2 Å². The third-order valence-corrected chi connectivity index (χ3v) is 4.38. The van der Waals surface area contributed by atoms with Gasteiger partial charge >= 0.3 is 5.63 Å². The van der Waals surface area contributed by atoms with Crippen molar-refractivity contribution in [2.75, 3.05) is 6.26 Å². The fourth-order valence-corrected chi connectivity index (χ4v) is 3.12. The van der Waals surface area contributed by atoms with Crippen LogP contribution in [-0.4, -0.2) is 20.9 Å². The van der Waals surface area contributed by atoms with Crippen molar-refractivity contribution in [3.05, 3.63) is 58.6 Å². The molecule has 0 spiro atoms. The minimum atomic E-state index is -0.457. The van der Waals surface area contributed by atoms with E-state index in [0.29, 0.717) is 33.1 Å². The molecular formula is C17H10N4O2S. The van der Waals surface area contributed by atoms with E-state index in [1.807, 2.05) is 24.5 Å². The Bertz CT molecular complexity index is 1190. The molecule has 3 heterocycles. The number of fused-ring (bicyclic) bond motifs is 2. The Morgan fingerprint density at radius 2 is 2.12 bits per heavy atom. The van der Waals surface area contributed by atoms with Gasteiger partial charge in [0.05, 0.1) is 11.3 Å². The first-order valence-corrected chi connectivity index (χ1v) is 8.30. The molecule has 0 aliphatic rings. The highest BCUT2D eigenvalue weighted by Crippen LogP contribution is 2.26. The highest BCUT2D eigenvalue weighted by Gasteiger charge is 2.18. The molecule has 0 bridgehead atoms. The Balaban J connectivity index is 2.07. The molecule has 4 aromatic rings. The standard InChI is InChI=1S/C17H10N4O2S/c1-24-16-12(9-18)15-19-7-6-13(21(15)20-16)11-8-10-4-2-3-5-14(10)23-17(11)22/h2-8H,1H3. The van der Waals surface area contributed by atoms with Gasteiger partial charge in [-0.3, -0.25) is 0 Å². The van der Waals surface area contributed by atoms with Gasteiger partial charge < -0.3 is 4.42 Å². The molecular weight excluding hydrogens is 324 g/mol. The Morgan fingerprint density at radius 1 is 1.29 bits per heavy atom.